The van der Waals surface area contributed by atoms with Crippen LogP contribution in [0.1, 0.15) is 6.42 Å². The third kappa shape index (κ3) is 5.44. The molecular formula is C21H23ClF3PSi. The second-order valence-corrected chi connectivity index (χ2v) is 10.2. The van der Waals surface area contributed by atoms with E-state index in [4.69, 9.17) is 11.1 Å². The van der Waals surface area contributed by atoms with Crippen molar-refractivity contribution in [1.82, 2.24) is 0 Å². The van der Waals surface area contributed by atoms with Crippen molar-refractivity contribution in [3.63, 3.8) is 0 Å². The first-order valence-electron chi connectivity index (χ1n) is 8.63. The Morgan fingerprint density at radius 2 is 0.926 bits per heavy atom. The van der Waals surface area contributed by atoms with Gasteiger partial charge in [0.05, 0.1) is 0 Å². The molecule has 0 aliphatic rings. The molecule has 0 fully saturated rings. The molecule has 0 aliphatic heterocycles. The van der Waals surface area contributed by atoms with Gasteiger partial charge in [-0.25, -0.2) is 0 Å². The summed E-state index contributed by atoms with van der Waals surface area (Å²) in [4.78, 5) is 0. The third-order valence-corrected chi connectivity index (χ3v) is 9.54. The quantitative estimate of drug-likeness (QED) is 0.326. The number of benzene rings is 3. The van der Waals surface area contributed by atoms with Crippen LogP contribution in [0.5, 0.6) is 0 Å². The smallest absolute Gasteiger partial charge is 0.109 e. The molecule has 0 saturated carbocycles. The minimum absolute atomic E-state index is 0.106. The van der Waals surface area contributed by atoms with Crippen molar-refractivity contribution >= 4 is 43.8 Å². The van der Waals surface area contributed by atoms with Gasteiger partial charge in [0.2, 0.25) is 0 Å². The van der Waals surface area contributed by atoms with E-state index in [1.807, 2.05) is 91.0 Å². The SMILES string of the molecule is FC(F)(F)CC[PH](c1ccccc1)(c1ccccc1)c1ccccc1.[SiH3]Cl. The maximum atomic E-state index is 13.2. The molecule has 6 heteroatoms. The molecule has 0 N–H and O–H groups in total. The topological polar surface area (TPSA) is 0 Å². The van der Waals surface area contributed by atoms with Crippen LogP contribution < -0.4 is 15.9 Å². The summed E-state index contributed by atoms with van der Waals surface area (Å²) in [7, 11) is -1.98. The van der Waals surface area contributed by atoms with Crippen molar-refractivity contribution in [3.8, 4) is 0 Å². The summed E-state index contributed by atoms with van der Waals surface area (Å²) in [5.41, 5.74) is 0. The molecule has 0 atom stereocenters. The van der Waals surface area contributed by atoms with Crippen molar-refractivity contribution in [2.24, 2.45) is 0 Å². The van der Waals surface area contributed by atoms with Gasteiger partial charge in [-0.05, 0) is 0 Å². The molecule has 0 nitrogen and oxygen atoms in total. The van der Waals surface area contributed by atoms with Crippen LogP contribution in [-0.4, -0.2) is 21.9 Å². The van der Waals surface area contributed by atoms with Gasteiger partial charge in [0.15, 0.2) is 0 Å². The fourth-order valence-electron chi connectivity index (χ4n) is 3.43. The van der Waals surface area contributed by atoms with E-state index in [1.165, 1.54) is 0 Å². The Kier molecular flexibility index (Phi) is 8.09. The summed E-state index contributed by atoms with van der Waals surface area (Å²) in [6.07, 6.45) is -4.84. The van der Waals surface area contributed by atoms with Crippen LogP contribution in [0, 0.1) is 0 Å². The Hall–Kier alpha value is -1.61. The molecule has 27 heavy (non-hydrogen) atoms. The first-order valence-corrected chi connectivity index (χ1v) is 13.9. The van der Waals surface area contributed by atoms with Crippen LogP contribution in [-0.2, 0) is 0 Å². The maximum Gasteiger partial charge on any atom is 0.109 e. The molecule has 3 aromatic carbocycles. The van der Waals surface area contributed by atoms with E-state index in [0.717, 1.165) is 25.5 Å². The molecule has 0 radical (unpaired) electrons. The van der Waals surface area contributed by atoms with Crippen molar-refractivity contribution in [3.05, 3.63) is 91.0 Å². The Balaban J connectivity index is 0.00000126. The first-order chi connectivity index (χ1) is 13.0. The molecular weight excluding hydrogens is 404 g/mol. The van der Waals surface area contributed by atoms with Gasteiger partial charge < -0.3 is 0 Å². The molecule has 0 saturated heterocycles. The number of rotatable bonds is 5. The van der Waals surface area contributed by atoms with Gasteiger partial charge in [0.25, 0.3) is 0 Å². The van der Waals surface area contributed by atoms with Gasteiger partial charge in [-0.1, -0.05) is 0 Å². The zero-order chi connectivity index (χ0) is 19.8. The molecule has 3 aromatic rings. The number of hydrogen-bond acceptors (Lipinski definition) is 0. The van der Waals surface area contributed by atoms with Gasteiger partial charge in [-0.3, -0.25) is 0 Å². The predicted molar refractivity (Wildman–Crippen MR) is 118 cm³/mol. The van der Waals surface area contributed by atoms with Gasteiger partial charge in [-0.2, -0.15) is 11.1 Å². The third-order valence-electron chi connectivity index (χ3n) is 4.58. The number of alkyl halides is 3. The zero-order valence-electron chi connectivity index (χ0n) is 15.1. The van der Waals surface area contributed by atoms with Crippen molar-refractivity contribution in [1.29, 1.82) is 0 Å². The Labute approximate surface area is 166 Å². The van der Waals surface area contributed by atoms with Crippen LogP contribution in [0.3, 0.4) is 0 Å². The molecule has 144 valence electrons. The van der Waals surface area contributed by atoms with Gasteiger partial charge in [0, 0.05) is 0 Å². The standard InChI is InChI=1S/C21H20F3P.ClH3Si/c22-21(23,24)16-17-25(18-10-4-1-5-11-18,19-12-6-2-7-13-19)20-14-8-3-9-15-20;1-2/h1-15,25H,16-17H2;2H3. The maximum absolute atomic E-state index is 13.2. The van der Waals surface area contributed by atoms with Crippen LogP contribution in [0.15, 0.2) is 91.0 Å². The molecule has 0 heterocycles. The summed E-state index contributed by atoms with van der Waals surface area (Å²) in [6.45, 7) is 0. The number of halogens is 4. The van der Waals surface area contributed by atoms with E-state index < -0.39 is 19.9 Å². The minimum atomic E-state index is -4.17. The summed E-state index contributed by atoms with van der Waals surface area (Å²) >= 11 is 4.78. The van der Waals surface area contributed by atoms with Gasteiger partial charge >= 0.3 is 146 Å². The monoisotopic (exact) mass is 426 g/mol. The second kappa shape index (κ2) is 10.1. The van der Waals surface area contributed by atoms with Crippen LogP contribution >= 0.6 is 18.3 Å². The summed E-state index contributed by atoms with van der Waals surface area (Å²) < 4.78 is 39.5. The summed E-state index contributed by atoms with van der Waals surface area (Å²) in [5, 5.41) is 3.03. The van der Waals surface area contributed by atoms with Gasteiger partial charge in [0.1, 0.15) is 9.55 Å². The normalized spacial score (nSPS) is 12.1. The largest absolute Gasteiger partial charge is 0.181 e. The Morgan fingerprint density at radius 3 is 1.19 bits per heavy atom. The van der Waals surface area contributed by atoms with E-state index in [0.29, 0.717) is 0 Å². The second-order valence-electron chi connectivity index (χ2n) is 6.12. The molecule has 0 unspecified atom stereocenters. The molecule has 0 spiro atoms. The van der Waals surface area contributed by atoms with E-state index in [2.05, 4.69) is 0 Å². The zero-order valence-corrected chi connectivity index (χ0v) is 18.8. The van der Waals surface area contributed by atoms with Crippen molar-refractivity contribution in [2.75, 3.05) is 6.16 Å². The Bertz CT molecular complexity index is 699. The first kappa shape index (κ1) is 21.7. The van der Waals surface area contributed by atoms with Crippen LogP contribution in [0.4, 0.5) is 13.2 Å². The van der Waals surface area contributed by atoms with E-state index >= 15 is 0 Å². The molecule has 3 rings (SSSR count). The van der Waals surface area contributed by atoms with E-state index in [1.54, 1.807) is 0 Å². The van der Waals surface area contributed by atoms with Crippen LogP contribution in [0.25, 0.3) is 0 Å². The minimum Gasteiger partial charge on any atom is -0.181 e. The average Bonchev–Trinajstić information content (AvgIpc) is 2.72. The summed E-state index contributed by atoms with van der Waals surface area (Å²) in [5.74, 6) is 0. The molecule has 0 bridgehead atoms. The average molecular weight is 427 g/mol. The van der Waals surface area contributed by atoms with Crippen molar-refractivity contribution in [2.45, 2.75) is 12.6 Å². The van der Waals surface area contributed by atoms with Gasteiger partial charge in [-0.15, -0.1) is 0 Å². The molecule has 0 aromatic heterocycles. The Morgan fingerprint density at radius 1 is 0.630 bits per heavy atom. The fourth-order valence-corrected chi connectivity index (χ4v) is 8.24. The summed E-state index contributed by atoms with van der Waals surface area (Å²) in [6, 6.07) is 29.0. The van der Waals surface area contributed by atoms with E-state index in [-0.39, 0.29) is 6.16 Å². The molecule has 0 aliphatic carbocycles. The van der Waals surface area contributed by atoms with E-state index in [9.17, 15) is 13.2 Å². The van der Waals surface area contributed by atoms with Crippen LogP contribution in [0.2, 0.25) is 0 Å². The predicted octanol–water partition coefficient (Wildman–Crippen LogP) is 4.17. The number of hydrogen-bond donors (Lipinski definition) is 0. The fraction of sp³-hybridized carbons (Fsp3) is 0.143. The van der Waals surface area contributed by atoms with Crippen molar-refractivity contribution < 1.29 is 13.2 Å². The molecule has 0 amide bonds.